The summed E-state index contributed by atoms with van der Waals surface area (Å²) in [7, 11) is 0. The van der Waals surface area contributed by atoms with Gasteiger partial charge < -0.3 is 5.11 Å². The summed E-state index contributed by atoms with van der Waals surface area (Å²) in [5.74, 6) is 0. The third kappa shape index (κ3) is 1.72. The molecule has 0 aliphatic heterocycles. The molecule has 0 amide bonds. The fourth-order valence-corrected chi connectivity index (χ4v) is 0.693. The van der Waals surface area contributed by atoms with Crippen LogP contribution in [-0.4, -0.2) is 11.7 Å². The summed E-state index contributed by atoms with van der Waals surface area (Å²) in [5, 5.41) is 9.06. The highest BCUT2D eigenvalue weighted by Gasteiger charge is 2.34. The summed E-state index contributed by atoms with van der Waals surface area (Å²) in [4.78, 5) is 0. The van der Waals surface area contributed by atoms with E-state index in [0.717, 1.165) is 6.42 Å². The Labute approximate surface area is 64.5 Å². The lowest BCUT2D eigenvalue weighted by Gasteiger charge is -2.39. The number of aliphatic hydroxyl groups excluding tert-OH is 1. The monoisotopic (exact) mass is 144 g/mol. The third-order valence-electron chi connectivity index (χ3n) is 3.11. The highest BCUT2D eigenvalue weighted by molar-refractivity contribution is 4.83. The van der Waals surface area contributed by atoms with Gasteiger partial charge in [0.05, 0.1) is 0 Å². The van der Waals surface area contributed by atoms with Crippen LogP contribution in [0.4, 0.5) is 0 Å². The number of aliphatic hydroxyl groups is 1. The Morgan fingerprint density at radius 2 is 1.40 bits per heavy atom. The fraction of sp³-hybridized carbons (Fsp3) is 1.00. The Balaban J connectivity index is 4.28. The van der Waals surface area contributed by atoms with Crippen LogP contribution < -0.4 is 0 Å². The van der Waals surface area contributed by atoms with Crippen LogP contribution >= 0.6 is 0 Å². The second-order valence-corrected chi connectivity index (χ2v) is 4.28. The maximum atomic E-state index is 9.06. The van der Waals surface area contributed by atoms with Crippen molar-refractivity contribution in [3.05, 3.63) is 0 Å². The van der Waals surface area contributed by atoms with Crippen molar-refractivity contribution in [2.45, 2.75) is 41.0 Å². The van der Waals surface area contributed by atoms with Gasteiger partial charge in [0.1, 0.15) is 0 Å². The van der Waals surface area contributed by atoms with E-state index in [4.69, 9.17) is 5.11 Å². The molecular formula is C9H20O. The molecule has 1 heteroatoms. The average Bonchev–Trinajstić information content (AvgIpc) is 1.88. The Hall–Kier alpha value is -0.0400. The van der Waals surface area contributed by atoms with Gasteiger partial charge in [-0.2, -0.15) is 0 Å². The molecule has 10 heavy (non-hydrogen) atoms. The quantitative estimate of drug-likeness (QED) is 0.645. The average molecular weight is 144 g/mol. The van der Waals surface area contributed by atoms with Gasteiger partial charge in [0.15, 0.2) is 0 Å². The first-order chi connectivity index (χ1) is 4.37. The van der Waals surface area contributed by atoms with Crippen molar-refractivity contribution in [1.29, 1.82) is 0 Å². The molecule has 0 fully saturated rings. The predicted molar refractivity (Wildman–Crippen MR) is 44.9 cm³/mol. The topological polar surface area (TPSA) is 20.2 Å². The molecule has 0 aliphatic rings. The first-order valence-corrected chi connectivity index (χ1v) is 3.98. The van der Waals surface area contributed by atoms with Crippen molar-refractivity contribution in [2.75, 3.05) is 6.61 Å². The minimum atomic E-state index is 0.0434. The Kier molecular flexibility index (Phi) is 2.90. The number of hydrogen-bond acceptors (Lipinski definition) is 1. The Morgan fingerprint density at radius 1 is 1.00 bits per heavy atom. The zero-order chi connectivity index (χ0) is 8.41. The summed E-state index contributed by atoms with van der Waals surface area (Å²) in [6, 6.07) is 0. The van der Waals surface area contributed by atoms with Gasteiger partial charge in [0, 0.05) is 6.61 Å². The molecule has 0 aromatic rings. The van der Waals surface area contributed by atoms with Crippen LogP contribution in [0.1, 0.15) is 41.0 Å². The summed E-state index contributed by atoms with van der Waals surface area (Å²) in [5.41, 5.74) is 0.281. The van der Waals surface area contributed by atoms with Crippen molar-refractivity contribution in [3.63, 3.8) is 0 Å². The van der Waals surface area contributed by atoms with E-state index in [-0.39, 0.29) is 17.4 Å². The van der Waals surface area contributed by atoms with E-state index < -0.39 is 0 Å². The van der Waals surface area contributed by atoms with Gasteiger partial charge in [-0.25, -0.2) is 0 Å². The standard InChI is InChI=1S/C9H20O/c1-6-8(2,3)9(4,5)7-10/h10H,6-7H2,1-5H3. The highest BCUT2D eigenvalue weighted by atomic mass is 16.3. The molecule has 0 saturated heterocycles. The van der Waals surface area contributed by atoms with Crippen molar-refractivity contribution < 1.29 is 5.11 Å². The van der Waals surface area contributed by atoms with Crippen LogP contribution in [0.3, 0.4) is 0 Å². The van der Waals surface area contributed by atoms with E-state index in [1.165, 1.54) is 0 Å². The molecule has 0 aliphatic carbocycles. The van der Waals surface area contributed by atoms with Crippen LogP contribution in [0.5, 0.6) is 0 Å². The maximum Gasteiger partial charge on any atom is 0.0487 e. The molecule has 0 heterocycles. The Morgan fingerprint density at radius 3 is 1.50 bits per heavy atom. The van der Waals surface area contributed by atoms with E-state index in [1.807, 2.05) is 0 Å². The van der Waals surface area contributed by atoms with Crippen LogP contribution in [0.2, 0.25) is 0 Å². The second kappa shape index (κ2) is 2.91. The van der Waals surface area contributed by atoms with Crippen molar-refractivity contribution in [2.24, 2.45) is 10.8 Å². The molecule has 0 aromatic carbocycles. The SMILES string of the molecule is CCC(C)(C)C(C)(C)CO. The van der Waals surface area contributed by atoms with E-state index in [0.29, 0.717) is 0 Å². The molecule has 0 radical (unpaired) electrons. The molecule has 0 rings (SSSR count). The van der Waals surface area contributed by atoms with E-state index >= 15 is 0 Å². The van der Waals surface area contributed by atoms with Crippen LogP contribution in [0.25, 0.3) is 0 Å². The predicted octanol–water partition coefficient (Wildman–Crippen LogP) is 2.44. The highest BCUT2D eigenvalue weighted by Crippen LogP contribution is 2.40. The summed E-state index contributed by atoms with van der Waals surface area (Å²) < 4.78 is 0. The molecule has 0 unspecified atom stereocenters. The summed E-state index contributed by atoms with van der Waals surface area (Å²) >= 11 is 0. The van der Waals surface area contributed by atoms with Crippen molar-refractivity contribution in [1.82, 2.24) is 0 Å². The lowest BCUT2D eigenvalue weighted by Crippen LogP contribution is -2.34. The smallest absolute Gasteiger partial charge is 0.0487 e. The zero-order valence-electron chi connectivity index (χ0n) is 7.86. The van der Waals surface area contributed by atoms with Crippen LogP contribution in [0, 0.1) is 10.8 Å². The van der Waals surface area contributed by atoms with Gasteiger partial charge >= 0.3 is 0 Å². The van der Waals surface area contributed by atoms with Gasteiger partial charge in [-0.1, -0.05) is 41.0 Å². The van der Waals surface area contributed by atoms with Gasteiger partial charge in [0.2, 0.25) is 0 Å². The van der Waals surface area contributed by atoms with E-state index in [9.17, 15) is 0 Å². The third-order valence-corrected chi connectivity index (χ3v) is 3.11. The largest absolute Gasteiger partial charge is 0.396 e. The molecule has 0 aromatic heterocycles. The first kappa shape index (κ1) is 9.96. The summed E-state index contributed by atoms with van der Waals surface area (Å²) in [6.45, 7) is 11.0. The lowest BCUT2D eigenvalue weighted by atomic mass is 9.67. The molecule has 0 saturated carbocycles. The molecule has 1 N–H and O–H groups in total. The molecule has 0 spiro atoms. The van der Waals surface area contributed by atoms with E-state index in [1.54, 1.807) is 0 Å². The van der Waals surface area contributed by atoms with Crippen LogP contribution in [0.15, 0.2) is 0 Å². The fourth-order valence-electron chi connectivity index (χ4n) is 0.693. The molecule has 1 nitrogen and oxygen atoms in total. The number of hydrogen-bond donors (Lipinski definition) is 1. The normalized spacial score (nSPS) is 13.8. The van der Waals surface area contributed by atoms with Gasteiger partial charge in [-0.3, -0.25) is 0 Å². The van der Waals surface area contributed by atoms with E-state index in [2.05, 4.69) is 34.6 Å². The molecule has 62 valence electrons. The van der Waals surface area contributed by atoms with Crippen molar-refractivity contribution in [3.8, 4) is 0 Å². The molecule has 0 atom stereocenters. The van der Waals surface area contributed by atoms with Crippen LogP contribution in [-0.2, 0) is 0 Å². The summed E-state index contributed by atoms with van der Waals surface area (Å²) in [6.07, 6.45) is 1.11. The second-order valence-electron chi connectivity index (χ2n) is 4.28. The van der Waals surface area contributed by atoms with Gasteiger partial charge in [0.25, 0.3) is 0 Å². The molecule has 0 bridgehead atoms. The van der Waals surface area contributed by atoms with Gasteiger partial charge in [-0.05, 0) is 10.8 Å². The first-order valence-electron chi connectivity index (χ1n) is 3.98. The minimum absolute atomic E-state index is 0.0434. The Bertz CT molecular complexity index is 89.3. The zero-order valence-corrected chi connectivity index (χ0v) is 7.86. The molecular weight excluding hydrogens is 124 g/mol. The maximum absolute atomic E-state index is 9.06. The lowest BCUT2D eigenvalue weighted by molar-refractivity contribution is 0.0340. The van der Waals surface area contributed by atoms with Gasteiger partial charge in [-0.15, -0.1) is 0 Å². The number of rotatable bonds is 3. The minimum Gasteiger partial charge on any atom is -0.396 e. The van der Waals surface area contributed by atoms with Crippen molar-refractivity contribution >= 4 is 0 Å².